The maximum atomic E-state index is 12.5. The molecule has 0 aromatic carbocycles. The van der Waals surface area contributed by atoms with Crippen LogP contribution in [0.1, 0.15) is 27.9 Å². The van der Waals surface area contributed by atoms with Crippen LogP contribution in [-0.2, 0) is 6.54 Å². The number of hydrogen-bond acceptors (Lipinski definition) is 5. The van der Waals surface area contributed by atoms with Crippen molar-refractivity contribution < 1.29 is 9.21 Å². The summed E-state index contributed by atoms with van der Waals surface area (Å²) < 4.78 is 6.73. The Labute approximate surface area is 118 Å². The monoisotopic (exact) mass is 288 g/mol. The van der Waals surface area contributed by atoms with E-state index in [1.807, 2.05) is 0 Å². The molecule has 0 unspecified atom stereocenters. The molecule has 0 saturated carbocycles. The lowest BCUT2D eigenvalue weighted by atomic mass is 10.2. The Morgan fingerprint density at radius 2 is 2.30 bits per heavy atom. The van der Waals surface area contributed by atoms with Crippen LogP contribution in [0.4, 0.5) is 0 Å². The molecule has 0 amide bonds. The molecular weight excluding hydrogens is 276 g/mol. The number of aromatic nitrogens is 2. The fraction of sp³-hybridized carbons (Fsp3) is 0.214. The van der Waals surface area contributed by atoms with E-state index in [0.29, 0.717) is 33.0 Å². The van der Waals surface area contributed by atoms with Crippen molar-refractivity contribution in [3.63, 3.8) is 0 Å². The molecule has 5 nitrogen and oxygen atoms in total. The van der Waals surface area contributed by atoms with Gasteiger partial charge in [0.05, 0.1) is 29.4 Å². The lowest BCUT2D eigenvalue weighted by Crippen LogP contribution is -2.20. The zero-order valence-corrected chi connectivity index (χ0v) is 11.9. The molecule has 0 atom stereocenters. The Hall–Kier alpha value is -2.21. The van der Waals surface area contributed by atoms with Gasteiger partial charge < -0.3 is 4.42 Å². The molecule has 0 aliphatic heterocycles. The Kier molecular flexibility index (Phi) is 3.02. The zero-order valence-electron chi connectivity index (χ0n) is 11.0. The van der Waals surface area contributed by atoms with Crippen molar-refractivity contribution in [3.05, 3.63) is 51.3 Å². The van der Waals surface area contributed by atoms with Gasteiger partial charge in [0.25, 0.3) is 5.56 Å². The molecule has 3 heterocycles. The third-order valence-electron chi connectivity index (χ3n) is 3.14. The molecule has 0 spiro atoms. The average molecular weight is 288 g/mol. The number of furan rings is 1. The molecule has 0 fully saturated rings. The molecule has 0 aliphatic rings. The van der Waals surface area contributed by atoms with Crippen molar-refractivity contribution in [1.29, 1.82) is 0 Å². The first-order chi connectivity index (χ1) is 9.58. The highest BCUT2D eigenvalue weighted by Crippen LogP contribution is 2.27. The number of nitrogens with zero attached hydrogens (tertiary/aromatic N) is 2. The number of fused-ring (bicyclic) bond motifs is 1. The van der Waals surface area contributed by atoms with Crippen LogP contribution in [0.3, 0.4) is 0 Å². The largest absolute Gasteiger partial charge is 0.467 e. The van der Waals surface area contributed by atoms with Crippen LogP contribution >= 0.6 is 11.3 Å². The van der Waals surface area contributed by atoms with Gasteiger partial charge in [0.15, 0.2) is 5.78 Å². The summed E-state index contributed by atoms with van der Waals surface area (Å²) in [6.07, 6.45) is 3.06. The minimum Gasteiger partial charge on any atom is -0.467 e. The Morgan fingerprint density at radius 1 is 1.50 bits per heavy atom. The summed E-state index contributed by atoms with van der Waals surface area (Å²) in [5, 5.41) is 0.522. The topological polar surface area (TPSA) is 65.1 Å². The van der Waals surface area contributed by atoms with Gasteiger partial charge in [-0.25, -0.2) is 4.98 Å². The predicted molar refractivity (Wildman–Crippen MR) is 76.4 cm³/mol. The number of rotatable bonds is 3. The molecule has 3 aromatic rings. The second-order valence-corrected chi connectivity index (χ2v) is 5.55. The minimum atomic E-state index is -0.146. The van der Waals surface area contributed by atoms with Crippen molar-refractivity contribution in [2.75, 3.05) is 0 Å². The average Bonchev–Trinajstić information content (AvgIpc) is 3.01. The molecule has 3 rings (SSSR count). The molecule has 3 aromatic heterocycles. The third-order valence-corrected chi connectivity index (χ3v) is 4.44. The van der Waals surface area contributed by atoms with Gasteiger partial charge in [-0.15, -0.1) is 11.3 Å². The smallest absolute Gasteiger partial charge is 0.262 e. The summed E-state index contributed by atoms with van der Waals surface area (Å²) in [5.41, 5.74) is 0.566. The minimum absolute atomic E-state index is 0.0394. The number of hydrogen-bond donors (Lipinski definition) is 0. The number of aryl methyl sites for hydroxylation is 1. The summed E-state index contributed by atoms with van der Waals surface area (Å²) in [7, 11) is 0. The molecule has 102 valence electrons. The summed E-state index contributed by atoms with van der Waals surface area (Å²) in [5.74, 6) is 0.649. The van der Waals surface area contributed by atoms with E-state index in [1.54, 1.807) is 25.3 Å². The van der Waals surface area contributed by atoms with E-state index in [-0.39, 0.29) is 11.3 Å². The maximum absolute atomic E-state index is 12.5. The van der Waals surface area contributed by atoms with E-state index < -0.39 is 0 Å². The van der Waals surface area contributed by atoms with Crippen molar-refractivity contribution >= 4 is 27.3 Å². The lowest BCUT2D eigenvalue weighted by molar-refractivity contribution is 0.102. The van der Waals surface area contributed by atoms with E-state index in [4.69, 9.17) is 4.42 Å². The SMILES string of the molecule is CC(=O)c1sc2ncn(Cc3ccco3)c(=O)c2c1C. The van der Waals surface area contributed by atoms with Crippen molar-refractivity contribution in [3.8, 4) is 0 Å². The van der Waals surface area contributed by atoms with E-state index in [1.165, 1.54) is 29.2 Å². The van der Waals surface area contributed by atoms with Gasteiger partial charge in [-0.05, 0) is 31.5 Å². The highest BCUT2D eigenvalue weighted by Gasteiger charge is 2.17. The van der Waals surface area contributed by atoms with Crippen LogP contribution in [0.2, 0.25) is 0 Å². The van der Waals surface area contributed by atoms with E-state index >= 15 is 0 Å². The third kappa shape index (κ3) is 1.98. The normalized spacial score (nSPS) is 11.1. The molecular formula is C14H12N2O3S. The van der Waals surface area contributed by atoms with Crippen LogP contribution in [0, 0.1) is 6.92 Å². The Morgan fingerprint density at radius 3 is 2.95 bits per heavy atom. The molecule has 20 heavy (non-hydrogen) atoms. The van der Waals surface area contributed by atoms with Gasteiger partial charge >= 0.3 is 0 Å². The number of carbonyl (C=O) groups excluding carboxylic acids is 1. The van der Waals surface area contributed by atoms with Crippen LogP contribution in [0.25, 0.3) is 10.2 Å². The first-order valence-electron chi connectivity index (χ1n) is 6.10. The van der Waals surface area contributed by atoms with Gasteiger partial charge in [-0.2, -0.15) is 0 Å². The van der Waals surface area contributed by atoms with Crippen LogP contribution < -0.4 is 5.56 Å². The second kappa shape index (κ2) is 4.72. The first-order valence-corrected chi connectivity index (χ1v) is 6.91. The number of ketones is 1. The molecule has 6 heteroatoms. The number of thiophene rings is 1. The van der Waals surface area contributed by atoms with Gasteiger partial charge in [0, 0.05) is 0 Å². The zero-order chi connectivity index (χ0) is 14.3. The highest BCUT2D eigenvalue weighted by molar-refractivity contribution is 7.20. The van der Waals surface area contributed by atoms with E-state index in [9.17, 15) is 9.59 Å². The van der Waals surface area contributed by atoms with Gasteiger partial charge in [-0.3, -0.25) is 14.2 Å². The van der Waals surface area contributed by atoms with Crippen molar-refractivity contribution in [2.24, 2.45) is 0 Å². The van der Waals surface area contributed by atoms with Crippen molar-refractivity contribution in [2.45, 2.75) is 20.4 Å². The molecule has 0 aliphatic carbocycles. The molecule has 0 bridgehead atoms. The molecule has 0 radical (unpaired) electrons. The van der Waals surface area contributed by atoms with Gasteiger partial charge in [-0.1, -0.05) is 0 Å². The molecule has 0 saturated heterocycles. The summed E-state index contributed by atoms with van der Waals surface area (Å²) in [6, 6.07) is 3.58. The molecule has 0 N–H and O–H groups in total. The van der Waals surface area contributed by atoms with Gasteiger partial charge in [0.2, 0.25) is 0 Å². The van der Waals surface area contributed by atoms with Crippen molar-refractivity contribution in [1.82, 2.24) is 9.55 Å². The standard InChI is InChI=1S/C14H12N2O3S/c1-8-11-13(20-12(8)9(2)17)15-7-16(14(11)18)6-10-4-3-5-19-10/h3-5,7H,6H2,1-2H3. The summed E-state index contributed by atoms with van der Waals surface area (Å²) in [4.78, 5) is 29.5. The van der Waals surface area contributed by atoms with E-state index in [2.05, 4.69) is 4.98 Å². The fourth-order valence-electron chi connectivity index (χ4n) is 2.18. The quantitative estimate of drug-likeness (QED) is 0.695. The first kappa shape index (κ1) is 12.8. The summed E-state index contributed by atoms with van der Waals surface area (Å²) in [6.45, 7) is 3.62. The number of carbonyl (C=O) groups is 1. The summed E-state index contributed by atoms with van der Waals surface area (Å²) >= 11 is 1.27. The Bertz CT molecular complexity index is 843. The van der Waals surface area contributed by atoms with Crippen LogP contribution in [0.5, 0.6) is 0 Å². The van der Waals surface area contributed by atoms with E-state index in [0.717, 1.165) is 0 Å². The maximum Gasteiger partial charge on any atom is 0.262 e. The van der Waals surface area contributed by atoms with Crippen LogP contribution in [-0.4, -0.2) is 15.3 Å². The lowest BCUT2D eigenvalue weighted by Gasteiger charge is -2.02. The number of Topliss-reactive ketones (excluding diaryl/α,β-unsaturated/α-hetero) is 1. The van der Waals surface area contributed by atoms with Gasteiger partial charge in [0.1, 0.15) is 10.6 Å². The van der Waals surface area contributed by atoms with Crippen LogP contribution in [0.15, 0.2) is 33.9 Å². The Balaban J connectivity index is 2.17. The second-order valence-electron chi connectivity index (χ2n) is 4.55. The highest BCUT2D eigenvalue weighted by atomic mass is 32.1. The fourth-order valence-corrected chi connectivity index (χ4v) is 3.21. The predicted octanol–water partition coefficient (Wildman–Crippen LogP) is 2.61.